The number of benzene rings is 2. The van der Waals surface area contributed by atoms with Crippen LogP contribution in [0.5, 0.6) is 0 Å². The second-order valence-electron chi connectivity index (χ2n) is 5.69. The lowest BCUT2D eigenvalue weighted by Gasteiger charge is -2.15. The van der Waals surface area contributed by atoms with Crippen molar-refractivity contribution in [3.8, 4) is 0 Å². The first kappa shape index (κ1) is 14.7. The molecule has 114 valence electrons. The van der Waals surface area contributed by atoms with Gasteiger partial charge in [0.25, 0.3) is 0 Å². The van der Waals surface area contributed by atoms with Gasteiger partial charge in [-0.15, -0.1) is 0 Å². The quantitative estimate of drug-likeness (QED) is 0.644. The molecule has 2 atom stereocenters. The molecular weight excluding hydrogens is 283 g/mol. The van der Waals surface area contributed by atoms with Gasteiger partial charge in [-0.1, -0.05) is 42.5 Å². The fourth-order valence-corrected chi connectivity index (χ4v) is 3.12. The van der Waals surface area contributed by atoms with Crippen molar-refractivity contribution in [2.75, 3.05) is 13.1 Å². The zero-order valence-electron chi connectivity index (χ0n) is 12.1. The van der Waals surface area contributed by atoms with Crippen LogP contribution in [0.4, 0.5) is 4.39 Å². The summed E-state index contributed by atoms with van der Waals surface area (Å²) < 4.78 is 13.4. The highest BCUT2D eigenvalue weighted by molar-refractivity contribution is 5.24. The van der Waals surface area contributed by atoms with Gasteiger partial charge in [0.05, 0.1) is 12.5 Å². The minimum Gasteiger partial charge on any atom is -0.292 e. The smallest absolute Gasteiger partial charge is 0.233 e. The summed E-state index contributed by atoms with van der Waals surface area (Å²) in [5.74, 6) is -0.615. The van der Waals surface area contributed by atoms with Crippen LogP contribution < -0.4 is 0 Å². The topological polar surface area (TPSA) is 46.4 Å². The zero-order valence-corrected chi connectivity index (χ0v) is 12.1. The number of nitrogens with zero attached hydrogens (tertiary/aromatic N) is 2. The van der Waals surface area contributed by atoms with Gasteiger partial charge in [0.1, 0.15) is 5.82 Å². The number of rotatable bonds is 4. The predicted molar refractivity (Wildman–Crippen MR) is 81.6 cm³/mol. The Kier molecular flexibility index (Phi) is 4.15. The van der Waals surface area contributed by atoms with Gasteiger partial charge < -0.3 is 0 Å². The third-order valence-electron chi connectivity index (χ3n) is 4.16. The summed E-state index contributed by atoms with van der Waals surface area (Å²) in [6, 6.07) is 15.4. The molecule has 22 heavy (non-hydrogen) atoms. The molecule has 2 aromatic carbocycles. The largest absolute Gasteiger partial charge is 0.292 e. The van der Waals surface area contributed by atoms with E-state index in [2.05, 4.69) is 4.90 Å². The molecule has 1 fully saturated rings. The van der Waals surface area contributed by atoms with Crippen LogP contribution in [0, 0.1) is 15.9 Å². The van der Waals surface area contributed by atoms with Crippen molar-refractivity contribution in [1.29, 1.82) is 0 Å². The fourth-order valence-electron chi connectivity index (χ4n) is 3.12. The van der Waals surface area contributed by atoms with Gasteiger partial charge in [0.15, 0.2) is 0 Å². The molecule has 0 aromatic heterocycles. The lowest BCUT2D eigenvalue weighted by molar-refractivity contribution is -0.521. The van der Waals surface area contributed by atoms with Gasteiger partial charge in [-0.3, -0.25) is 15.0 Å². The van der Waals surface area contributed by atoms with Crippen LogP contribution in [0.25, 0.3) is 0 Å². The minimum absolute atomic E-state index is 0.236. The summed E-state index contributed by atoms with van der Waals surface area (Å²) in [7, 11) is 0. The Morgan fingerprint density at radius 1 is 1.14 bits per heavy atom. The van der Waals surface area contributed by atoms with Gasteiger partial charge in [-0.2, -0.15) is 0 Å². The van der Waals surface area contributed by atoms with E-state index in [4.69, 9.17) is 0 Å². The zero-order chi connectivity index (χ0) is 15.5. The first-order chi connectivity index (χ1) is 10.6. The molecule has 4 nitrogen and oxygen atoms in total. The van der Waals surface area contributed by atoms with E-state index < -0.39 is 6.04 Å². The lowest BCUT2D eigenvalue weighted by atomic mass is 9.95. The van der Waals surface area contributed by atoms with Crippen LogP contribution in [0.1, 0.15) is 17.0 Å². The van der Waals surface area contributed by atoms with Crippen LogP contribution in [-0.2, 0) is 6.54 Å². The van der Waals surface area contributed by atoms with E-state index >= 15 is 0 Å². The molecule has 1 aliphatic rings. The van der Waals surface area contributed by atoms with Crippen LogP contribution >= 0.6 is 0 Å². The maximum Gasteiger partial charge on any atom is 0.233 e. The summed E-state index contributed by atoms with van der Waals surface area (Å²) in [6.45, 7) is 1.64. The lowest BCUT2D eigenvalue weighted by Crippen LogP contribution is -2.28. The Labute approximate surface area is 128 Å². The molecule has 1 heterocycles. The van der Waals surface area contributed by atoms with E-state index in [0.29, 0.717) is 25.2 Å². The molecular formula is C17H17FN2O2. The number of nitro groups is 1. The maximum absolute atomic E-state index is 13.4. The second-order valence-corrected chi connectivity index (χ2v) is 5.69. The van der Waals surface area contributed by atoms with Crippen molar-refractivity contribution in [3.05, 3.63) is 81.7 Å². The predicted octanol–water partition coefficient (Wildman–Crippen LogP) is 3.07. The van der Waals surface area contributed by atoms with E-state index in [1.54, 1.807) is 12.1 Å². The molecule has 0 spiro atoms. The summed E-state index contributed by atoms with van der Waals surface area (Å²) in [6.07, 6.45) is 0. The van der Waals surface area contributed by atoms with E-state index in [9.17, 15) is 14.5 Å². The summed E-state index contributed by atoms with van der Waals surface area (Å²) in [5.41, 5.74) is 1.83. The first-order valence-corrected chi connectivity index (χ1v) is 7.29. The number of halogens is 1. The molecule has 1 aliphatic heterocycles. The molecule has 3 rings (SSSR count). The molecule has 0 aliphatic carbocycles. The highest BCUT2D eigenvalue weighted by Crippen LogP contribution is 2.30. The Morgan fingerprint density at radius 2 is 1.91 bits per heavy atom. The van der Waals surface area contributed by atoms with Gasteiger partial charge in [0.2, 0.25) is 6.04 Å². The summed E-state index contributed by atoms with van der Waals surface area (Å²) in [5, 5.41) is 11.4. The highest BCUT2D eigenvalue weighted by Gasteiger charge is 2.41. The molecule has 5 heteroatoms. The Bertz CT molecular complexity index is 663. The van der Waals surface area contributed by atoms with E-state index in [1.807, 2.05) is 30.3 Å². The number of hydrogen-bond donors (Lipinski definition) is 0. The molecule has 0 amide bonds. The fraction of sp³-hybridized carbons (Fsp3) is 0.294. The first-order valence-electron chi connectivity index (χ1n) is 7.29. The number of hydrogen-bond acceptors (Lipinski definition) is 3. The third kappa shape index (κ3) is 3.14. The molecule has 0 radical (unpaired) electrons. The Morgan fingerprint density at radius 3 is 2.59 bits per heavy atom. The summed E-state index contributed by atoms with van der Waals surface area (Å²) in [4.78, 5) is 13.2. The van der Waals surface area contributed by atoms with Crippen molar-refractivity contribution in [1.82, 2.24) is 4.90 Å². The van der Waals surface area contributed by atoms with E-state index in [0.717, 1.165) is 5.56 Å². The Balaban J connectivity index is 1.79. The minimum atomic E-state index is -0.689. The average Bonchev–Trinajstić information content (AvgIpc) is 2.92. The van der Waals surface area contributed by atoms with Crippen molar-refractivity contribution in [2.24, 2.45) is 0 Å². The highest BCUT2D eigenvalue weighted by atomic mass is 19.1. The Hall–Kier alpha value is -2.27. The standard InChI is InChI=1S/C17H17FN2O2/c18-15-8-4-7-14(9-15)16-11-19(12-17(16)20(21)22)10-13-5-2-1-3-6-13/h1-9,16-17H,10-12H2/t16-,17-/m1/s1. The SMILES string of the molecule is O=[N+]([O-])[C@@H]1CN(Cc2ccccc2)C[C@@H]1c1cccc(F)c1. The van der Waals surface area contributed by atoms with Gasteiger partial charge in [-0.25, -0.2) is 4.39 Å². The van der Waals surface area contributed by atoms with Crippen LogP contribution in [0.3, 0.4) is 0 Å². The average molecular weight is 300 g/mol. The van der Waals surface area contributed by atoms with Crippen LogP contribution in [0.15, 0.2) is 54.6 Å². The van der Waals surface area contributed by atoms with Crippen molar-refractivity contribution < 1.29 is 9.31 Å². The molecule has 0 unspecified atom stereocenters. The van der Waals surface area contributed by atoms with Crippen molar-refractivity contribution in [3.63, 3.8) is 0 Å². The van der Waals surface area contributed by atoms with Crippen LogP contribution in [-0.4, -0.2) is 29.0 Å². The van der Waals surface area contributed by atoms with Gasteiger partial charge >= 0.3 is 0 Å². The normalized spacial score (nSPS) is 21.9. The molecule has 1 saturated heterocycles. The van der Waals surface area contributed by atoms with Crippen LogP contribution in [0.2, 0.25) is 0 Å². The molecule has 0 saturated carbocycles. The van der Waals surface area contributed by atoms with Crippen molar-refractivity contribution >= 4 is 0 Å². The van der Waals surface area contributed by atoms with E-state index in [-0.39, 0.29) is 16.7 Å². The van der Waals surface area contributed by atoms with Crippen molar-refractivity contribution in [2.45, 2.75) is 18.5 Å². The van der Waals surface area contributed by atoms with Gasteiger partial charge in [0, 0.05) is 18.0 Å². The maximum atomic E-state index is 13.4. The summed E-state index contributed by atoms with van der Waals surface area (Å²) >= 11 is 0. The van der Waals surface area contributed by atoms with E-state index in [1.165, 1.54) is 12.1 Å². The third-order valence-corrected chi connectivity index (χ3v) is 4.16. The molecule has 0 bridgehead atoms. The second kappa shape index (κ2) is 6.23. The number of likely N-dealkylation sites (tertiary alicyclic amines) is 1. The van der Waals surface area contributed by atoms with Gasteiger partial charge in [-0.05, 0) is 23.3 Å². The molecule has 0 N–H and O–H groups in total. The monoisotopic (exact) mass is 300 g/mol. The molecule has 2 aromatic rings.